The summed E-state index contributed by atoms with van der Waals surface area (Å²) in [5.41, 5.74) is 3.07. The van der Waals surface area contributed by atoms with Crippen molar-refractivity contribution in [3.63, 3.8) is 0 Å². The van der Waals surface area contributed by atoms with Crippen LogP contribution in [0.15, 0.2) is 60.7 Å². The number of para-hydroxylation sites is 2. The molecular formula is C18H14N4OS. The van der Waals surface area contributed by atoms with E-state index in [1.54, 1.807) is 10.7 Å². The molecule has 4 aromatic rings. The van der Waals surface area contributed by atoms with Gasteiger partial charge < -0.3 is 0 Å². The molecule has 24 heavy (non-hydrogen) atoms. The second kappa shape index (κ2) is 5.90. The Kier molecular flexibility index (Phi) is 3.59. The molecule has 0 aliphatic rings. The SMILES string of the molecule is Cc1cc(C(=O)Nc2nc3ccccc3s2)nn1-c1ccccc1. The number of rotatable bonds is 3. The van der Waals surface area contributed by atoms with Crippen molar-refractivity contribution in [2.45, 2.75) is 6.92 Å². The second-order valence-electron chi connectivity index (χ2n) is 5.36. The highest BCUT2D eigenvalue weighted by Gasteiger charge is 2.15. The predicted octanol–water partition coefficient (Wildman–Crippen LogP) is 4.04. The number of fused-ring (bicyclic) bond motifs is 1. The van der Waals surface area contributed by atoms with Crippen LogP contribution in [0, 0.1) is 6.92 Å². The van der Waals surface area contributed by atoms with E-state index >= 15 is 0 Å². The Bertz CT molecular complexity index is 987. The number of nitrogens with zero attached hydrogens (tertiary/aromatic N) is 3. The molecule has 4 rings (SSSR count). The Morgan fingerprint density at radius 1 is 1.08 bits per heavy atom. The van der Waals surface area contributed by atoms with Gasteiger partial charge in [-0.1, -0.05) is 41.7 Å². The second-order valence-corrected chi connectivity index (χ2v) is 6.39. The van der Waals surface area contributed by atoms with E-state index in [9.17, 15) is 4.79 Å². The largest absolute Gasteiger partial charge is 0.296 e. The number of benzene rings is 2. The summed E-state index contributed by atoms with van der Waals surface area (Å²) in [6.07, 6.45) is 0. The lowest BCUT2D eigenvalue weighted by molar-refractivity contribution is 0.102. The maximum Gasteiger partial charge on any atom is 0.277 e. The minimum atomic E-state index is -0.258. The number of aromatic nitrogens is 3. The minimum Gasteiger partial charge on any atom is -0.296 e. The van der Waals surface area contributed by atoms with Crippen LogP contribution in [-0.2, 0) is 0 Å². The Morgan fingerprint density at radius 2 is 1.83 bits per heavy atom. The van der Waals surface area contributed by atoms with Crippen molar-refractivity contribution in [2.24, 2.45) is 0 Å². The molecule has 1 amide bonds. The van der Waals surface area contributed by atoms with Crippen molar-refractivity contribution < 1.29 is 4.79 Å². The monoisotopic (exact) mass is 334 g/mol. The van der Waals surface area contributed by atoms with Gasteiger partial charge >= 0.3 is 0 Å². The molecule has 0 saturated heterocycles. The lowest BCUT2D eigenvalue weighted by atomic mass is 10.3. The van der Waals surface area contributed by atoms with Crippen molar-refractivity contribution in [1.29, 1.82) is 0 Å². The molecule has 0 radical (unpaired) electrons. The number of hydrogen-bond acceptors (Lipinski definition) is 4. The van der Waals surface area contributed by atoms with Crippen LogP contribution in [-0.4, -0.2) is 20.7 Å². The quantitative estimate of drug-likeness (QED) is 0.615. The summed E-state index contributed by atoms with van der Waals surface area (Å²) < 4.78 is 2.80. The Balaban J connectivity index is 1.61. The van der Waals surface area contributed by atoms with Gasteiger partial charge in [-0.3, -0.25) is 10.1 Å². The summed E-state index contributed by atoms with van der Waals surface area (Å²) in [5, 5.41) is 7.82. The molecule has 2 aromatic heterocycles. The standard InChI is InChI=1S/C18H14N4OS/c1-12-11-15(21-22(12)13-7-3-2-4-8-13)17(23)20-18-19-14-9-5-6-10-16(14)24-18/h2-11H,1H3,(H,19,20,23). The van der Waals surface area contributed by atoms with Gasteiger partial charge in [0.1, 0.15) is 0 Å². The van der Waals surface area contributed by atoms with E-state index in [0.717, 1.165) is 21.6 Å². The molecule has 2 aromatic carbocycles. The van der Waals surface area contributed by atoms with E-state index in [0.29, 0.717) is 10.8 Å². The zero-order valence-corrected chi connectivity index (χ0v) is 13.7. The third kappa shape index (κ3) is 2.68. The third-order valence-electron chi connectivity index (χ3n) is 3.64. The van der Waals surface area contributed by atoms with Crippen molar-refractivity contribution >= 4 is 32.6 Å². The van der Waals surface area contributed by atoms with E-state index in [1.165, 1.54) is 11.3 Å². The first kappa shape index (κ1) is 14.6. The predicted molar refractivity (Wildman–Crippen MR) is 95.9 cm³/mol. The van der Waals surface area contributed by atoms with Gasteiger partial charge in [0, 0.05) is 5.69 Å². The molecule has 2 heterocycles. The molecular weight excluding hydrogens is 320 g/mol. The average molecular weight is 334 g/mol. The highest BCUT2D eigenvalue weighted by molar-refractivity contribution is 7.22. The summed E-state index contributed by atoms with van der Waals surface area (Å²) in [6, 6.07) is 19.3. The summed E-state index contributed by atoms with van der Waals surface area (Å²) in [7, 11) is 0. The molecule has 118 valence electrons. The van der Waals surface area contributed by atoms with Crippen LogP contribution < -0.4 is 5.32 Å². The van der Waals surface area contributed by atoms with Crippen molar-refractivity contribution in [2.75, 3.05) is 5.32 Å². The van der Waals surface area contributed by atoms with Gasteiger partial charge in [0.05, 0.1) is 15.9 Å². The molecule has 0 saturated carbocycles. The first-order chi connectivity index (χ1) is 11.7. The molecule has 0 spiro atoms. The number of aryl methyl sites for hydroxylation is 1. The van der Waals surface area contributed by atoms with Crippen LogP contribution in [0.1, 0.15) is 16.2 Å². The highest BCUT2D eigenvalue weighted by Crippen LogP contribution is 2.25. The molecule has 0 atom stereocenters. The molecule has 0 fully saturated rings. The summed E-state index contributed by atoms with van der Waals surface area (Å²) in [6.45, 7) is 1.93. The van der Waals surface area contributed by atoms with E-state index in [2.05, 4.69) is 15.4 Å². The molecule has 1 N–H and O–H groups in total. The van der Waals surface area contributed by atoms with Crippen molar-refractivity contribution in [1.82, 2.24) is 14.8 Å². The fraction of sp³-hybridized carbons (Fsp3) is 0.0556. The Hall–Kier alpha value is -2.99. The number of amides is 1. The smallest absolute Gasteiger partial charge is 0.277 e. The van der Waals surface area contributed by atoms with Gasteiger partial charge in [0.15, 0.2) is 10.8 Å². The number of carbonyl (C=O) groups is 1. The van der Waals surface area contributed by atoms with Gasteiger partial charge in [0.2, 0.25) is 0 Å². The zero-order valence-electron chi connectivity index (χ0n) is 12.9. The Morgan fingerprint density at radius 3 is 2.62 bits per heavy atom. The summed E-state index contributed by atoms with van der Waals surface area (Å²) in [4.78, 5) is 16.9. The fourth-order valence-corrected chi connectivity index (χ4v) is 3.36. The highest BCUT2D eigenvalue weighted by atomic mass is 32.1. The Labute approximate surface area is 142 Å². The number of anilines is 1. The maximum absolute atomic E-state index is 12.5. The summed E-state index contributed by atoms with van der Waals surface area (Å²) in [5.74, 6) is -0.258. The van der Waals surface area contributed by atoms with E-state index in [1.807, 2.05) is 61.5 Å². The number of nitrogens with one attached hydrogen (secondary N) is 1. The van der Waals surface area contributed by atoms with Crippen molar-refractivity contribution in [3.8, 4) is 5.69 Å². The molecule has 0 unspecified atom stereocenters. The minimum absolute atomic E-state index is 0.258. The first-order valence-corrected chi connectivity index (χ1v) is 8.31. The zero-order chi connectivity index (χ0) is 16.5. The molecule has 0 aliphatic heterocycles. The first-order valence-electron chi connectivity index (χ1n) is 7.50. The van der Waals surface area contributed by atoms with Gasteiger partial charge in [-0.15, -0.1) is 0 Å². The third-order valence-corrected chi connectivity index (χ3v) is 4.59. The summed E-state index contributed by atoms with van der Waals surface area (Å²) >= 11 is 1.45. The van der Waals surface area contributed by atoms with E-state index < -0.39 is 0 Å². The average Bonchev–Trinajstić information content (AvgIpc) is 3.18. The van der Waals surface area contributed by atoms with E-state index in [-0.39, 0.29) is 5.91 Å². The number of hydrogen-bond donors (Lipinski definition) is 1. The number of carbonyl (C=O) groups excluding carboxylic acids is 1. The van der Waals surface area contributed by atoms with Crippen molar-refractivity contribution in [3.05, 3.63) is 72.1 Å². The lowest BCUT2D eigenvalue weighted by Gasteiger charge is -2.02. The van der Waals surface area contributed by atoms with Crippen LogP contribution in [0.5, 0.6) is 0 Å². The van der Waals surface area contributed by atoms with E-state index in [4.69, 9.17) is 0 Å². The topological polar surface area (TPSA) is 59.8 Å². The van der Waals surface area contributed by atoms with Crippen LogP contribution in [0.25, 0.3) is 15.9 Å². The number of thiazole rings is 1. The lowest BCUT2D eigenvalue weighted by Crippen LogP contribution is -2.13. The van der Waals surface area contributed by atoms with Crippen LogP contribution in [0.2, 0.25) is 0 Å². The molecule has 5 nitrogen and oxygen atoms in total. The van der Waals surface area contributed by atoms with Crippen LogP contribution >= 0.6 is 11.3 Å². The van der Waals surface area contributed by atoms with Crippen LogP contribution in [0.4, 0.5) is 5.13 Å². The van der Waals surface area contributed by atoms with Gasteiger partial charge in [-0.2, -0.15) is 5.10 Å². The molecule has 0 bridgehead atoms. The van der Waals surface area contributed by atoms with Crippen LogP contribution in [0.3, 0.4) is 0 Å². The molecule has 0 aliphatic carbocycles. The molecule has 6 heteroatoms. The fourth-order valence-electron chi connectivity index (χ4n) is 2.50. The maximum atomic E-state index is 12.5. The van der Waals surface area contributed by atoms with Gasteiger partial charge in [-0.05, 0) is 37.3 Å². The normalized spacial score (nSPS) is 10.9. The van der Waals surface area contributed by atoms with Gasteiger partial charge in [0.25, 0.3) is 5.91 Å². The van der Waals surface area contributed by atoms with Gasteiger partial charge in [-0.25, -0.2) is 9.67 Å².